The van der Waals surface area contributed by atoms with Crippen LogP contribution < -0.4 is 10.6 Å². The number of nitrogens with zero attached hydrogens (tertiary/aromatic N) is 2. The van der Waals surface area contributed by atoms with Gasteiger partial charge in [0.05, 0.1) is 5.52 Å². The molecular weight excluding hydrogens is 526 g/mol. The van der Waals surface area contributed by atoms with E-state index in [1.165, 1.54) is 30.3 Å². The van der Waals surface area contributed by atoms with Gasteiger partial charge in [-0.05, 0) is 42.3 Å². The second-order valence-electron chi connectivity index (χ2n) is 9.43. The van der Waals surface area contributed by atoms with E-state index >= 15 is 0 Å². The highest BCUT2D eigenvalue weighted by Crippen LogP contribution is 2.26. The van der Waals surface area contributed by atoms with Crippen LogP contribution in [0.15, 0.2) is 97.0 Å². The highest BCUT2D eigenvalue weighted by atomic mass is 32.2. The Kier molecular flexibility index (Phi) is 7.54. The van der Waals surface area contributed by atoms with E-state index in [-0.39, 0.29) is 5.70 Å². The number of H-pyrrole nitrogens is 1. The van der Waals surface area contributed by atoms with E-state index < -0.39 is 22.0 Å². The summed E-state index contributed by atoms with van der Waals surface area (Å²) in [6.45, 7) is 0.329. The molecule has 9 nitrogen and oxygen atoms in total. The fraction of sp³-hybridized carbons (Fsp3) is 0.133. The Bertz CT molecular complexity index is 1840. The first-order chi connectivity index (χ1) is 19.3. The molecule has 204 valence electrons. The van der Waals surface area contributed by atoms with Crippen molar-refractivity contribution in [2.75, 3.05) is 20.6 Å². The maximum absolute atomic E-state index is 13.4. The van der Waals surface area contributed by atoms with E-state index in [0.717, 1.165) is 20.8 Å². The van der Waals surface area contributed by atoms with Crippen molar-refractivity contribution in [3.05, 3.63) is 114 Å². The van der Waals surface area contributed by atoms with Gasteiger partial charge < -0.3 is 15.6 Å². The molecule has 2 heterocycles. The van der Waals surface area contributed by atoms with E-state index in [2.05, 4.69) is 15.6 Å². The zero-order valence-corrected chi connectivity index (χ0v) is 22.9. The molecule has 0 spiro atoms. The number of fused-ring (bicyclic) bond motifs is 2. The van der Waals surface area contributed by atoms with E-state index in [1.807, 2.05) is 30.5 Å². The molecule has 0 unspecified atom stereocenters. The summed E-state index contributed by atoms with van der Waals surface area (Å²) >= 11 is 0. The predicted octanol–water partition coefficient (Wildman–Crippen LogP) is 3.91. The predicted molar refractivity (Wildman–Crippen MR) is 157 cm³/mol. The lowest BCUT2D eigenvalue weighted by Crippen LogP contribution is -2.35. The fourth-order valence-electron chi connectivity index (χ4n) is 4.50. The summed E-state index contributed by atoms with van der Waals surface area (Å²) in [6.07, 6.45) is 5.46. The molecule has 40 heavy (non-hydrogen) atoms. The normalized spacial score (nSPS) is 12.2. The summed E-state index contributed by atoms with van der Waals surface area (Å²) in [7, 11) is -0.931. The average Bonchev–Trinajstić information content (AvgIpc) is 3.55. The van der Waals surface area contributed by atoms with Crippen LogP contribution in [0.4, 0.5) is 0 Å². The van der Waals surface area contributed by atoms with Gasteiger partial charge in [0.15, 0.2) is 0 Å². The lowest BCUT2D eigenvalue weighted by molar-refractivity contribution is -0.117. The zero-order chi connectivity index (χ0) is 28.3. The van der Waals surface area contributed by atoms with Crippen molar-refractivity contribution in [3.63, 3.8) is 0 Å². The Morgan fingerprint density at radius 3 is 2.35 bits per heavy atom. The Hall–Kier alpha value is -4.67. The fourth-order valence-corrected chi connectivity index (χ4v) is 5.51. The van der Waals surface area contributed by atoms with Crippen LogP contribution in [0.3, 0.4) is 0 Å². The maximum atomic E-state index is 13.4. The van der Waals surface area contributed by atoms with E-state index in [9.17, 15) is 18.0 Å². The number of aromatic amines is 1. The number of carbonyl (C=O) groups is 2. The van der Waals surface area contributed by atoms with Crippen molar-refractivity contribution >= 4 is 49.9 Å². The van der Waals surface area contributed by atoms with Gasteiger partial charge in [-0.1, -0.05) is 54.6 Å². The Balaban J connectivity index is 1.47. The molecule has 0 bridgehead atoms. The molecular formula is C30H29N5O4S. The van der Waals surface area contributed by atoms with Crippen molar-refractivity contribution < 1.29 is 18.0 Å². The monoisotopic (exact) mass is 555 g/mol. The minimum absolute atomic E-state index is 0.00191. The van der Waals surface area contributed by atoms with Gasteiger partial charge in [-0.3, -0.25) is 9.59 Å². The summed E-state index contributed by atoms with van der Waals surface area (Å²) in [4.78, 5) is 29.7. The molecule has 2 aromatic heterocycles. The third kappa shape index (κ3) is 5.40. The van der Waals surface area contributed by atoms with E-state index in [1.54, 1.807) is 54.6 Å². The summed E-state index contributed by atoms with van der Waals surface area (Å²) in [6, 6.07) is 23.5. The number of carbonyl (C=O) groups excluding carboxylic acids is 2. The van der Waals surface area contributed by atoms with Crippen LogP contribution in [0, 0.1) is 0 Å². The second kappa shape index (κ2) is 11.2. The molecule has 2 amide bonds. The van der Waals surface area contributed by atoms with Gasteiger partial charge in [0, 0.05) is 60.4 Å². The minimum atomic E-state index is -3.83. The molecule has 0 aliphatic heterocycles. The Labute approximate surface area is 232 Å². The van der Waals surface area contributed by atoms with Crippen molar-refractivity contribution in [1.29, 1.82) is 0 Å². The first-order valence-corrected chi connectivity index (χ1v) is 14.1. The summed E-state index contributed by atoms with van der Waals surface area (Å²) in [5, 5.41) is 7.32. The van der Waals surface area contributed by atoms with Crippen LogP contribution in [0.5, 0.6) is 0 Å². The van der Waals surface area contributed by atoms with Gasteiger partial charge in [0.25, 0.3) is 11.8 Å². The molecule has 3 aromatic carbocycles. The van der Waals surface area contributed by atoms with Crippen molar-refractivity contribution in [2.24, 2.45) is 0 Å². The molecule has 0 atom stereocenters. The largest absolute Gasteiger partial charge is 0.361 e. The molecule has 0 saturated carbocycles. The number of nitrogens with one attached hydrogen (secondary N) is 3. The van der Waals surface area contributed by atoms with Crippen molar-refractivity contribution in [1.82, 2.24) is 23.9 Å². The standard InChI is InChI=1S/C30H29N5O4S/c1-34(2)40(38,39)35-20-23(25-13-7-9-15-28(25)35)18-27(33-29(36)21-10-4-3-5-11-21)30(37)31-17-16-22-19-32-26-14-8-6-12-24(22)26/h3-15,18-20,32H,16-17H2,1-2H3,(H,31,37)(H,33,36). The van der Waals surface area contributed by atoms with E-state index in [4.69, 9.17) is 0 Å². The van der Waals surface area contributed by atoms with Crippen LogP contribution in [0.2, 0.25) is 0 Å². The SMILES string of the molecule is CN(C)S(=O)(=O)n1cc(C=C(NC(=O)c2ccccc2)C(=O)NCCc2c[nH]c3ccccc23)c2ccccc21. The molecule has 10 heteroatoms. The Morgan fingerprint density at radius 2 is 1.60 bits per heavy atom. The summed E-state index contributed by atoms with van der Waals surface area (Å²) in [5.41, 5.74) is 3.39. The number of hydrogen-bond acceptors (Lipinski definition) is 4. The first-order valence-electron chi connectivity index (χ1n) is 12.7. The first kappa shape index (κ1) is 26.9. The van der Waals surface area contributed by atoms with Crippen LogP contribution in [-0.4, -0.2) is 54.1 Å². The van der Waals surface area contributed by atoms with Crippen LogP contribution >= 0.6 is 0 Å². The molecule has 3 N–H and O–H groups in total. The van der Waals surface area contributed by atoms with Gasteiger partial charge in [-0.2, -0.15) is 12.7 Å². The highest BCUT2D eigenvalue weighted by molar-refractivity contribution is 7.87. The number of hydrogen-bond donors (Lipinski definition) is 3. The van der Waals surface area contributed by atoms with Gasteiger partial charge in [-0.25, -0.2) is 3.97 Å². The quantitative estimate of drug-likeness (QED) is 0.239. The molecule has 0 saturated heterocycles. The Morgan fingerprint density at radius 1 is 0.925 bits per heavy atom. The molecule has 5 rings (SSSR count). The number of benzene rings is 3. The molecule has 0 aliphatic rings. The van der Waals surface area contributed by atoms with Gasteiger partial charge in [0.2, 0.25) is 0 Å². The topological polar surface area (TPSA) is 116 Å². The lowest BCUT2D eigenvalue weighted by Gasteiger charge is -2.13. The number of amides is 2. The third-order valence-electron chi connectivity index (χ3n) is 6.60. The minimum Gasteiger partial charge on any atom is -0.361 e. The van der Waals surface area contributed by atoms with Gasteiger partial charge in [0.1, 0.15) is 5.70 Å². The lowest BCUT2D eigenvalue weighted by atomic mass is 10.1. The smallest absolute Gasteiger partial charge is 0.307 e. The number of rotatable bonds is 9. The second-order valence-corrected chi connectivity index (χ2v) is 11.5. The van der Waals surface area contributed by atoms with Gasteiger partial charge >= 0.3 is 10.2 Å². The molecule has 0 fully saturated rings. The van der Waals surface area contributed by atoms with Crippen molar-refractivity contribution in [3.8, 4) is 0 Å². The maximum Gasteiger partial charge on any atom is 0.307 e. The molecule has 5 aromatic rings. The van der Waals surface area contributed by atoms with Crippen LogP contribution in [-0.2, 0) is 21.4 Å². The van der Waals surface area contributed by atoms with Gasteiger partial charge in [-0.15, -0.1) is 0 Å². The van der Waals surface area contributed by atoms with Crippen LogP contribution in [0.25, 0.3) is 27.9 Å². The van der Waals surface area contributed by atoms with E-state index in [0.29, 0.717) is 35.0 Å². The summed E-state index contributed by atoms with van der Waals surface area (Å²) < 4.78 is 28.3. The third-order valence-corrected chi connectivity index (χ3v) is 8.32. The number of aromatic nitrogens is 2. The highest BCUT2D eigenvalue weighted by Gasteiger charge is 2.22. The summed E-state index contributed by atoms with van der Waals surface area (Å²) in [5.74, 6) is -0.945. The zero-order valence-electron chi connectivity index (χ0n) is 22.1. The van der Waals surface area contributed by atoms with Crippen molar-refractivity contribution in [2.45, 2.75) is 6.42 Å². The van der Waals surface area contributed by atoms with Crippen LogP contribution in [0.1, 0.15) is 21.5 Å². The molecule has 0 radical (unpaired) electrons. The number of para-hydroxylation sites is 2. The average molecular weight is 556 g/mol. The molecule has 0 aliphatic carbocycles.